The van der Waals surface area contributed by atoms with Gasteiger partial charge in [0.2, 0.25) is 5.91 Å². The number of aliphatic hydroxyl groups excluding tert-OH is 1. The molecule has 2 atom stereocenters. The van der Waals surface area contributed by atoms with Crippen molar-refractivity contribution < 1.29 is 38.6 Å². The number of β-amino-alcohol motifs (C(OH)–C–C–N with tert-alkyl or cyclic N) is 1. The van der Waals surface area contributed by atoms with Crippen molar-refractivity contribution in [2.24, 2.45) is 5.73 Å². The summed E-state index contributed by atoms with van der Waals surface area (Å²) in [4.78, 5) is 60.0. The molecule has 1 aromatic carbocycles. The standard InChI is InChI=1S/C15H13FN2O5.C3H7NO2/c16-9-3-1-2-8-12(9)15(23)18(13(8)21)10-4-5-11(20)17(6-7-19)14(10)22;1-2(4)3(5)6/h1-3,10,19H,4-7H2;2H,4H2,1H3,(H,5,6)/t;2-/m.0/s1. The molecule has 4 N–H and O–H groups in total. The fourth-order valence-corrected chi connectivity index (χ4v) is 2.94. The Hall–Kier alpha value is -3.18. The van der Waals surface area contributed by atoms with E-state index in [4.69, 9.17) is 15.9 Å². The lowest BCUT2D eigenvalue weighted by atomic mass is 10.0. The molecule has 0 radical (unpaired) electrons. The van der Waals surface area contributed by atoms with Crippen LogP contribution in [0.3, 0.4) is 0 Å². The fraction of sp³-hybridized carbons (Fsp3) is 0.389. The topological polar surface area (TPSA) is 158 Å². The van der Waals surface area contributed by atoms with Crippen LogP contribution >= 0.6 is 0 Å². The van der Waals surface area contributed by atoms with E-state index in [0.29, 0.717) is 4.90 Å². The van der Waals surface area contributed by atoms with E-state index in [0.717, 1.165) is 11.0 Å². The molecule has 1 saturated heterocycles. The number of nitrogens with zero attached hydrogens (tertiary/aromatic N) is 2. The summed E-state index contributed by atoms with van der Waals surface area (Å²) in [7, 11) is 0. The lowest BCUT2D eigenvalue weighted by molar-refractivity contribution is -0.152. The molecule has 2 aliphatic rings. The number of carbonyl (C=O) groups excluding carboxylic acids is 4. The summed E-state index contributed by atoms with van der Waals surface area (Å²) >= 11 is 0. The summed E-state index contributed by atoms with van der Waals surface area (Å²) in [6, 6.07) is 1.81. The Labute approximate surface area is 164 Å². The molecule has 29 heavy (non-hydrogen) atoms. The van der Waals surface area contributed by atoms with Gasteiger partial charge in [0, 0.05) is 6.42 Å². The zero-order valence-electron chi connectivity index (χ0n) is 15.5. The molecule has 0 bridgehead atoms. The molecule has 10 nitrogen and oxygen atoms in total. The van der Waals surface area contributed by atoms with Crippen molar-refractivity contribution in [3.63, 3.8) is 0 Å². The average molecular weight is 409 g/mol. The Kier molecular flexibility index (Phi) is 6.77. The molecule has 1 aromatic rings. The van der Waals surface area contributed by atoms with Crippen LogP contribution in [-0.4, -0.2) is 74.8 Å². The van der Waals surface area contributed by atoms with Gasteiger partial charge < -0.3 is 15.9 Å². The van der Waals surface area contributed by atoms with Gasteiger partial charge in [-0.3, -0.25) is 33.8 Å². The van der Waals surface area contributed by atoms with E-state index in [2.05, 4.69) is 0 Å². The number of carboxylic acids is 1. The van der Waals surface area contributed by atoms with Crippen molar-refractivity contribution in [3.05, 3.63) is 35.1 Å². The van der Waals surface area contributed by atoms with Crippen LogP contribution in [0.2, 0.25) is 0 Å². The molecule has 1 unspecified atom stereocenters. The summed E-state index contributed by atoms with van der Waals surface area (Å²) in [6.45, 7) is 0.801. The monoisotopic (exact) mass is 409 g/mol. The maximum absolute atomic E-state index is 13.8. The van der Waals surface area contributed by atoms with E-state index in [-0.39, 0.29) is 30.5 Å². The second-order valence-electron chi connectivity index (χ2n) is 6.43. The number of benzene rings is 1. The summed E-state index contributed by atoms with van der Waals surface area (Å²) in [6.07, 6.45) is -0.0427. The summed E-state index contributed by atoms with van der Waals surface area (Å²) < 4.78 is 13.8. The third kappa shape index (κ3) is 4.30. The molecule has 2 heterocycles. The number of fused-ring (bicyclic) bond motifs is 1. The highest BCUT2D eigenvalue weighted by Crippen LogP contribution is 2.30. The van der Waals surface area contributed by atoms with Gasteiger partial charge in [-0.1, -0.05) is 6.07 Å². The first-order valence-corrected chi connectivity index (χ1v) is 8.71. The van der Waals surface area contributed by atoms with Crippen molar-refractivity contribution in [1.82, 2.24) is 9.80 Å². The van der Waals surface area contributed by atoms with Crippen molar-refractivity contribution in [1.29, 1.82) is 0 Å². The first-order chi connectivity index (χ1) is 13.6. The molecule has 1 fully saturated rings. The van der Waals surface area contributed by atoms with Gasteiger partial charge in [0.05, 0.1) is 24.3 Å². The molecular weight excluding hydrogens is 389 g/mol. The van der Waals surface area contributed by atoms with Gasteiger partial charge in [-0.05, 0) is 25.5 Å². The van der Waals surface area contributed by atoms with Gasteiger partial charge >= 0.3 is 5.97 Å². The van der Waals surface area contributed by atoms with E-state index < -0.39 is 54.1 Å². The van der Waals surface area contributed by atoms with Gasteiger partial charge in [-0.15, -0.1) is 0 Å². The Bertz CT molecular complexity index is 871. The number of hydrogen-bond donors (Lipinski definition) is 3. The quantitative estimate of drug-likeness (QED) is 0.553. The van der Waals surface area contributed by atoms with E-state index in [9.17, 15) is 28.4 Å². The number of likely N-dealkylation sites (tertiary alicyclic amines) is 1. The van der Waals surface area contributed by atoms with E-state index in [1.54, 1.807) is 0 Å². The number of hydrogen-bond acceptors (Lipinski definition) is 7. The fourth-order valence-electron chi connectivity index (χ4n) is 2.94. The largest absolute Gasteiger partial charge is 0.480 e. The third-order valence-corrected chi connectivity index (χ3v) is 4.40. The molecule has 0 saturated carbocycles. The lowest BCUT2D eigenvalue weighted by Crippen LogP contribution is -2.56. The number of carbonyl (C=O) groups is 5. The smallest absolute Gasteiger partial charge is 0.320 e. The van der Waals surface area contributed by atoms with Crippen LogP contribution in [0.15, 0.2) is 18.2 Å². The van der Waals surface area contributed by atoms with Crippen molar-refractivity contribution in [2.75, 3.05) is 13.2 Å². The van der Waals surface area contributed by atoms with Crippen LogP contribution in [0.1, 0.15) is 40.5 Å². The highest BCUT2D eigenvalue weighted by Gasteiger charge is 2.47. The second kappa shape index (κ2) is 8.88. The molecular formula is C18H20FN3O7. The highest BCUT2D eigenvalue weighted by atomic mass is 19.1. The van der Waals surface area contributed by atoms with Crippen LogP contribution in [0, 0.1) is 5.82 Å². The molecule has 11 heteroatoms. The number of amides is 4. The number of imide groups is 2. The normalized spacial score (nSPS) is 19.7. The number of aliphatic hydroxyl groups is 1. The minimum Gasteiger partial charge on any atom is -0.480 e. The molecule has 2 aliphatic heterocycles. The molecule has 0 aliphatic carbocycles. The van der Waals surface area contributed by atoms with Gasteiger partial charge in [0.1, 0.15) is 17.9 Å². The van der Waals surface area contributed by atoms with Gasteiger partial charge in [-0.25, -0.2) is 4.39 Å². The van der Waals surface area contributed by atoms with Crippen molar-refractivity contribution in [2.45, 2.75) is 31.8 Å². The van der Waals surface area contributed by atoms with E-state index in [1.165, 1.54) is 19.1 Å². The molecule has 0 spiro atoms. The van der Waals surface area contributed by atoms with Gasteiger partial charge in [0.15, 0.2) is 0 Å². The van der Waals surface area contributed by atoms with Crippen LogP contribution in [0.4, 0.5) is 4.39 Å². The molecule has 0 aromatic heterocycles. The van der Waals surface area contributed by atoms with Crippen molar-refractivity contribution in [3.8, 4) is 0 Å². The zero-order valence-corrected chi connectivity index (χ0v) is 15.5. The number of rotatable bonds is 4. The number of piperidine rings is 1. The van der Waals surface area contributed by atoms with Crippen LogP contribution in [-0.2, 0) is 14.4 Å². The van der Waals surface area contributed by atoms with Crippen molar-refractivity contribution >= 4 is 29.6 Å². The highest BCUT2D eigenvalue weighted by molar-refractivity contribution is 6.23. The first kappa shape index (κ1) is 22.1. The molecule has 4 amide bonds. The Morgan fingerprint density at radius 2 is 1.90 bits per heavy atom. The minimum absolute atomic E-state index is 0.00726. The zero-order chi connectivity index (χ0) is 21.9. The Morgan fingerprint density at radius 3 is 2.41 bits per heavy atom. The number of nitrogens with two attached hydrogens (primary N) is 1. The van der Waals surface area contributed by atoms with Crippen LogP contribution in [0.5, 0.6) is 0 Å². The third-order valence-electron chi connectivity index (χ3n) is 4.40. The SMILES string of the molecule is C[C@H](N)C(=O)O.O=C1CCC(N2C(=O)c3cccc(F)c3C2=O)C(=O)N1CCO. The summed E-state index contributed by atoms with van der Waals surface area (Å²) in [5.41, 5.74) is 4.40. The van der Waals surface area contributed by atoms with E-state index >= 15 is 0 Å². The number of halogens is 1. The predicted molar refractivity (Wildman–Crippen MR) is 95.0 cm³/mol. The number of aliphatic carboxylic acids is 1. The Morgan fingerprint density at radius 1 is 1.28 bits per heavy atom. The molecule has 3 rings (SSSR count). The van der Waals surface area contributed by atoms with Crippen LogP contribution in [0.25, 0.3) is 0 Å². The Balaban J connectivity index is 0.000000438. The molecule has 156 valence electrons. The van der Waals surface area contributed by atoms with E-state index in [1.807, 2.05) is 0 Å². The van der Waals surface area contributed by atoms with Gasteiger partial charge in [0.25, 0.3) is 17.7 Å². The predicted octanol–water partition coefficient (Wildman–Crippen LogP) is -0.650. The first-order valence-electron chi connectivity index (χ1n) is 8.71. The van der Waals surface area contributed by atoms with Gasteiger partial charge in [-0.2, -0.15) is 0 Å². The maximum atomic E-state index is 13.8. The average Bonchev–Trinajstić information content (AvgIpc) is 2.91. The minimum atomic E-state index is -1.16. The summed E-state index contributed by atoms with van der Waals surface area (Å²) in [5, 5.41) is 16.8. The number of carboxylic acid groups (broad SMARTS) is 1. The second-order valence-corrected chi connectivity index (χ2v) is 6.43. The summed E-state index contributed by atoms with van der Waals surface area (Å²) in [5.74, 6) is -4.61. The lowest BCUT2D eigenvalue weighted by Gasteiger charge is -2.34. The maximum Gasteiger partial charge on any atom is 0.320 e. The van der Waals surface area contributed by atoms with Crippen LogP contribution < -0.4 is 5.73 Å².